The number of hydrogen-bond acceptors (Lipinski definition) is 2. The van der Waals surface area contributed by atoms with Crippen molar-refractivity contribution in [3.8, 4) is 0 Å². The number of aromatic nitrogens is 1. The Bertz CT molecular complexity index is 636. The molecule has 98 valence electrons. The van der Waals surface area contributed by atoms with Gasteiger partial charge in [0.15, 0.2) is 5.82 Å². The minimum atomic E-state index is -0.694. The third-order valence-electron chi connectivity index (χ3n) is 3.54. The molecule has 1 N–H and O–H groups in total. The summed E-state index contributed by atoms with van der Waals surface area (Å²) in [6.07, 6.45) is 1.92. The minimum Gasteiger partial charge on any atom is -0.362 e. The fourth-order valence-electron chi connectivity index (χ4n) is 2.52. The van der Waals surface area contributed by atoms with E-state index in [2.05, 4.69) is 22.0 Å². The standard InChI is InChI=1S/C15H15FN2O/c16-13-8-17-14-6-7-18(10-12(14)15(13)19)9-11-4-2-1-3-5-11/h1-5,8H,6-7,9-10H2,(H,17,19). The summed E-state index contributed by atoms with van der Waals surface area (Å²) in [5.74, 6) is -0.694. The van der Waals surface area contributed by atoms with Gasteiger partial charge >= 0.3 is 0 Å². The van der Waals surface area contributed by atoms with Crippen LogP contribution in [0.4, 0.5) is 4.39 Å². The first kappa shape index (κ1) is 12.1. The lowest BCUT2D eigenvalue weighted by atomic mass is 10.0. The number of aromatic amines is 1. The molecule has 0 bridgehead atoms. The molecule has 0 radical (unpaired) electrons. The molecule has 1 aliphatic rings. The van der Waals surface area contributed by atoms with Crippen LogP contribution in [-0.4, -0.2) is 16.4 Å². The quantitative estimate of drug-likeness (QED) is 0.895. The first-order valence-corrected chi connectivity index (χ1v) is 6.39. The van der Waals surface area contributed by atoms with Crippen molar-refractivity contribution in [1.29, 1.82) is 0 Å². The van der Waals surface area contributed by atoms with Gasteiger partial charge in [0.05, 0.1) is 0 Å². The number of fused-ring (bicyclic) bond motifs is 1. The van der Waals surface area contributed by atoms with E-state index < -0.39 is 11.2 Å². The molecule has 0 atom stereocenters. The van der Waals surface area contributed by atoms with Gasteiger partial charge in [-0.1, -0.05) is 30.3 Å². The van der Waals surface area contributed by atoms with E-state index in [-0.39, 0.29) is 0 Å². The van der Waals surface area contributed by atoms with Crippen LogP contribution in [0.15, 0.2) is 41.3 Å². The number of halogens is 1. The monoisotopic (exact) mass is 258 g/mol. The van der Waals surface area contributed by atoms with Crippen molar-refractivity contribution < 1.29 is 4.39 Å². The van der Waals surface area contributed by atoms with E-state index in [1.54, 1.807) is 0 Å². The van der Waals surface area contributed by atoms with Gasteiger partial charge in [-0.25, -0.2) is 4.39 Å². The highest BCUT2D eigenvalue weighted by Gasteiger charge is 2.20. The summed E-state index contributed by atoms with van der Waals surface area (Å²) < 4.78 is 13.3. The number of nitrogens with zero attached hydrogens (tertiary/aromatic N) is 1. The maximum Gasteiger partial charge on any atom is 0.221 e. The predicted molar refractivity (Wildman–Crippen MR) is 71.3 cm³/mol. The van der Waals surface area contributed by atoms with Gasteiger partial charge in [0.2, 0.25) is 5.43 Å². The molecular formula is C15H15FN2O. The van der Waals surface area contributed by atoms with Crippen molar-refractivity contribution >= 4 is 0 Å². The van der Waals surface area contributed by atoms with E-state index in [0.717, 1.165) is 31.4 Å². The number of nitrogens with one attached hydrogen (secondary N) is 1. The van der Waals surface area contributed by atoms with E-state index in [0.29, 0.717) is 12.1 Å². The van der Waals surface area contributed by atoms with Crippen molar-refractivity contribution in [2.75, 3.05) is 6.54 Å². The summed E-state index contributed by atoms with van der Waals surface area (Å²) >= 11 is 0. The molecule has 19 heavy (non-hydrogen) atoms. The lowest BCUT2D eigenvalue weighted by Gasteiger charge is -2.28. The van der Waals surface area contributed by atoms with Gasteiger partial charge in [-0.3, -0.25) is 9.69 Å². The topological polar surface area (TPSA) is 36.1 Å². The van der Waals surface area contributed by atoms with Crippen LogP contribution in [0.5, 0.6) is 0 Å². The Labute approximate surface area is 110 Å². The van der Waals surface area contributed by atoms with Crippen LogP contribution >= 0.6 is 0 Å². The van der Waals surface area contributed by atoms with E-state index in [1.165, 1.54) is 5.56 Å². The average molecular weight is 258 g/mol. The molecule has 0 saturated carbocycles. The summed E-state index contributed by atoms with van der Waals surface area (Å²) in [6.45, 7) is 2.18. The molecule has 3 rings (SSSR count). The zero-order valence-corrected chi connectivity index (χ0v) is 10.5. The predicted octanol–water partition coefficient (Wildman–Crippen LogP) is 2.07. The third-order valence-corrected chi connectivity index (χ3v) is 3.54. The lowest BCUT2D eigenvalue weighted by molar-refractivity contribution is 0.241. The molecule has 0 aliphatic carbocycles. The van der Waals surface area contributed by atoms with E-state index >= 15 is 0 Å². The second-order valence-electron chi connectivity index (χ2n) is 4.87. The molecule has 0 spiro atoms. The molecule has 3 nitrogen and oxygen atoms in total. The largest absolute Gasteiger partial charge is 0.362 e. The molecule has 0 fully saturated rings. The highest BCUT2D eigenvalue weighted by molar-refractivity contribution is 5.24. The molecule has 1 aromatic carbocycles. The number of hydrogen-bond donors (Lipinski definition) is 1. The fourth-order valence-corrected chi connectivity index (χ4v) is 2.52. The van der Waals surface area contributed by atoms with Crippen LogP contribution in [0, 0.1) is 5.82 Å². The Kier molecular flexibility index (Phi) is 3.17. The fraction of sp³-hybridized carbons (Fsp3) is 0.267. The average Bonchev–Trinajstić information content (AvgIpc) is 2.45. The molecule has 0 saturated heterocycles. The molecule has 0 amide bonds. The molecule has 4 heteroatoms. The van der Waals surface area contributed by atoms with Gasteiger partial charge in [-0.15, -0.1) is 0 Å². The van der Waals surface area contributed by atoms with Crippen LogP contribution in [0.1, 0.15) is 16.8 Å². The van der Waals surface area contributed by atoms with Crippen molar-refractivity contribution in [2.45, 2.75) is 19.5 Å². The van der Waals surface area contributed by atoms with Crippen molar-refractivity contribution in [3.05, 3.63) is 69.4 Å². The van der Waals surface area contributed by atoms with Crippen LogP contribution in [-0.2, 0) is 19.5 Å². The number of benzene rings is 1. The molecule has 2 aromatic rings. The zero-order valence-electron chi connectivity index (χ0n) is 10.5. The van der Waals surface area contributed by atoms with Crippen molar-refractivity contribution in [1.82, 2.24) is 9.88 Å². The normalized spacial score (nSPS) is 15.2. The van der Waals surface area contributed by atoms with E-state index in [1.807, 2.05) is 18.2 Å². The van der Waals surface area contributed by atoms with Gasteiger partial charge in [-0.05, 0) is 5.56 Å². The summed E-state index contributed by atoms with van der Waals surface area (Å²) in [7, 11) is 0. The molecule has 1 aromatic heterocycles. The van der Waals surface area contributed by atoms with Crippen molar-refractivity contribution in [2.24, 2.45) is 0 Å². The number of rotatable bonds is 2. The SMILES string of the molecule is O=c1c(F)c[nH]c2c1CN(Cc1ccccc1)CC2. The Hall–Kier alpha value is -1.94. The van der Waals surface area contributed by atoms with Crippen molar-refractivity contribution in [3.63, 3.8) is 0 Å². The van der Waals surface area contributed by atoms with Crippen LogP contribution in [0.3, 0.4) is 0 Å². The van der Waals surface area contributed by atoms with Gasteiger partial charge in [0.1, 0.15) is 0 Å². The van der Waals surface area contributed by atoms with Crippen LogP contribution in [0.2, 0.25) is 0 Å². The second kappa shape index (κ2) is 4.97. The zero-order chi connectivity index (χ0) is 13.2. The number of pyridine rings is 1. The Morgan fingerprint density at radius 3 is 2.84 bits per heavy atom. The first-order valence-electron chi connectivity index (χ1n) is 6.39. The van der Waals surface area contributed by atoms with E-state index in [9.17, 15) is 9.18 Å². The Morgan fingerprint density at radius 2 is 2.05 bits per heavy atom. The second-order valence-corrected chi connectivity index (χ2v) is 4.87. The summed E-state index contributed by atoms with van der Waals surface area (Å²) in [5, 5.41) is 0. The van der Waals surface area contributed by atoms with Gasteiger partial charge in [0, 0.05) is 43.5 Å². The van der Waals surface area contributed by atoms with Crippen LogP contribution in [0.25, 0.3) is 0 Å². The number of H-pyrrole nitrogens is 1. The Balaban J connectivity index is 1.82. The lowest BCUT2D eigenvalue weighted by Crippen LogP contribution is -2.35. The van der Waals surface area contributed by atoms with Gasteiger partial charge in [0.25, 0.3) is 0 Å². The highest BCUT2D eigenvalue weighted by Crippen LogP contribution is 2.16. The minimum absolute atomic E-state index is 0.466. The molecular weight excluding hydrogens is 243 g/mol. The summed E-state index contributed by atoms with van der Waals surface area (Å²) in [5.41, 5.74) is 2.18. The molecule has 2 heterocycles. The summed E-state index contributed by atoms with van der Waals surface area (Å²) in [4.78, 5) is 16.8. The first-order chi connectivity index (χ1) is 9.24. The smallest absolute Gasteiger partial charge is 0.221 e. The highest BCUT2D eigenvalue weighted by atomic mass is 19.1. The maximum absolute atomic E-state index is 13.3. The third kappa shape index (κ3) is 2.44. The van der Waals surface area contributed by atoms with E-state index in [4.69, 9.17) is 0 Å². The van der Waals surface area contributed by atoms with Crippen LogP contribution < -0.4 is 5.43 Å². The molecule has 0 unspecified atom stereocenters. The maximum atomic E-state index is 13.3. The van der Waals surface area contributed by atoms with Gasteiger partial charge in [-0.2, -0.15) is 0 Å². The summed E-state index contributed by atoms with van der Waals surface area (Å²) in [6, 6.07) is 10.1. The Morgan fingerprint density at radius 1 is 1.26 bits per heavy atom. The molecule has 1 aliphatic heterocycles. The van der Waals surface area contributed by atoms with Gasteiger partial charge < -0.3 is 4.98 Å².